The third-order valence-electron chi connectivity index (χ3n) is 0.727. The van der Waals surface area contributed by atoms with Gasteiger partial charge in [0.1, 0.15) is 6.07 Å². The highest BCUT2D eigenvalue weighted by Crippen LogP contribution is 1.99. The highest BCUT2D eigenvalue weighted by atomic mass is 79.9. The molecule has 9 heavy (non-hydrogen) atoms. The lowest BCUT2D eigenvalue weighted by Crippen LogP contribution is -2.17. The van der Waals surface area contributed by atoms with E-state index in [1.807, 2.05) is 6.92 Å². The van der Waals surface area contributed by atoms with Gasteiger partial charge in [0.25, 0.3) is 0 Å². The fourth-order valence-electron chi connectivity index (χ4n) is 0.393. The quantitative estimate of drug-likeness (QED) is 0.518. The Morgan fingerprint density at radius 2 is 2.22 bits per heavy atom. The van der Waals surface area contributed by atoms with E-state index in [2.05, 4.69) is 15.9 Å². The molecule has 0 aliphatic heterocycles. The largest absolute Gasteiger partial charge is 0.352 e. The molecule has 0 aliphatic rings. The molecule has 0 bridgehead atoms. The molecule has 0 aromatic heterocycles. The van der Waals surface area contributed by atoms with Gasteiger partial charge in [-0.15, -0.1) is 0 Å². The maximum absolute atomic E-state index is 5.29. The topological polar surface area (TPSA) is 18.5 Å². The van der Waals surface area contributed by atoms with Gasteiger partial charge in [-0.2, -0.15) is 0 Å². The second-order valence-corrected chi connectivity index (χ2v) is 2.18. The molecule has 0 radical (unpaired) electrons. The molecule has 0 N–H and O–H groups in total. The molecule has 0 aromatic rings. The van der Waals surface area contributed by atoms with E-state index >= 15 is 0 Å². The molecule has 4 heteroatoms. The summed E-state index contributed by atoms with van der Waals surface area (Å²) in [7, 11) is 0. The standard InChI is InChI=1S/C5H10BrClO2/c1-2-8-5(3-6)9-4-7/h5H,2-4H2,1H3. The number of halogens is 2. The van der Waals surface area contributed by atoms with Crippen LogP contribution >= 0.6 is 27.5 Å². The zero-order valence-electron chi connectivity index (χ0n) is 5.27. The molecule has 1 atom stereocenters. The van der Waals surface area contributed by atoms with Gasteiger partial charge in [-0.3, -0.25) is 0 Å². The van der Waals surface area contributed by atoms with Crippen LogP contribution in [0.3, 0.4) is 0 Å². The highest BCUT2D eigenvalue weighted by Gasteiger charge is 2.03. The van der Waals surface area contributed by atoms with Gasteiger partial charge in [0.15, 0.2) is 6.29 Å². The van der Waals surface area contributed by atoms with Crippen molar-refractivity contribution in [2.75, 3.05) is 18.0 Å². The number of hydrogen-bond acceptors (Lipinski definition) is 2. The van der Waals surface area contributed by atoms with Crippen LogP contribution in [0.15, 0.2) is 0 Å². The zero-order chi connectivity index (χ0) is 7.11. The number of ether oxygens (including phenoxy) is 2. The predicted molar refractivity (Wildman–Crippen MR) is 41.0 cm³/mol. The first kappa shape index (κ1) is 9.69. The molecule has 1 unspecified atom stereocenters. The van der Waals surface area contributed by atoms with Crippen molar-refractivity contribution in [3.63, 3.8) is 0 Å². The fourth-order valence-corrected chi connectivity index (χ4v) is 0.908. The molecule has 0 fully saturated rings. The van der Waals surface area contributed by atoms with E-state index in [0.29, 0.717) is 11.9 Å². The Morgan fingerprint density at radius 3 is 2.56 bits per heavy atom. The first-order valence-corrected chi connectivity index (χ1v) is 4.35. The van der Waals surface area contributed by atoms with E-state index in [-0.39, 0.29) is 12.4 Å². The van der Waals surface area contributed by atoms with E-state index in [4.69, 9.17) is 21.1 Å². The molecule has 0 amide bonds. The Bertz CT molecular complexity index is 56.9. The molecule has 0 spiro atoms. The van der Waals surface area contributed by atoms with Crippen LogP contribution in [-0.2, 0) is 9.47 Å². The summed E-state index contributed by atoms with van der Waals surface area (Å²) in [4.78, 5) is 0. The van der Waals surface area contributed by atoms with Gasteiger partial charge in [0, 0.05) is 6.61 Å². The van der Waals surface area contributed by atoms with E-state index in [1.54, 1.807) is 0 Å². The van der Waals surface area contributed by atoms with Gasteiger partial charge < -0.3 is 9.47 Å². The maximum Gasteiger partial charge on any atom is 0.168 e. The van der Waals surface area contributed by atoms with E-state index in [9.17, 15) is 0 Å². The van der Waals surface area contributed by atoms with Crippen molar-refractivity contribution >= 4 is 27.5 Å². The second-order valence-electron chi connectivity index (χ2n) is 1.31. The lowest BCUT2D eigenvalue weighted by molar-refractivity contribution is -0.109. The van der Waals surface area contributed by atoms with Crippen molar-refractivity contribution in [3.05, 3.63) is 0 Å². The van der Waals surface area contributed by atoms with E-state index in [1.165, 1.54) is 0 Å². The van der Waals surface area contributed by atoms with Crippen LogP contribution in [0.5, 0.6) is 0 Å². The summed E-state index contributed by atoms with van der Waals surface area (Å²) < 4.78 is 10.0. The van der Waals surface area contributed by atoms with Crippen molar-refractivity contribution in [1.29, 1.82) is 0 Å². The summed E-state index contributed by atoms with van der Waals surface area (Å²) in [6, 6.07) is 0.177. The minimum absolute atomic E-state index is 0.177. The molecular formula is C5H10BrClO2. The Hall–Kier alpha value is 0.690. The minimum Gasteiger partial charge on any atom is -0.352 e. The molecule has 0 saturated heterocycles. The van der Waals surface area contributed by atoms with Gasteiger partial charge in [-0.25, -0.2) is 0 Å². The summed E-state index contributed by atoms with van der Waals surface area (Å²) in [6.45, 7) is 2.56. The molecule has 0 rings (SSSR count). The van der Waals surface area contributed by atoms with Crippen LogP contribution in [0.25, 0.3) is 0 Å². The molecular weight excluding hydrogens is 207 g/mol. The van der Waals surface area contributed by atoms with Gasteiger partial charge in [-0.1, -0.05) is 27.5 Å². The normalized spacial score (nSPS) is 13.7. The van der Waals surface area contributed by atoms with Crippen molar-refractivity contribution < 1.29 is 9.47 Å². The van der Waals surface area contributed by atoms with Crippen LogP contribution < -0.4 is 0 Å². The molecule has 0 aromatic carbocycles. The number of hydrogen-bond donors (Lipinski definition) is 0. The van der Waals surface area contributed by atoms with Crippen LogP contribution in [0.2, 0.25) is 0 Å². The molecule has 2 nitrogen and oxygen atoms in total. The van der Waals surface area contributed by atoms with Crippen LogP contribution in [0.4, 0.5) is 0 Å². The van der Waals surface area contributed by atoms with Crippen LogP contribution in [0, 0.1) is 0 Å². The zero-order valence-corrected chi connectivity index (χ0v) is 7.61. The lowest BCUT2D eigenvalue weighted by atomic mass is 10.7. The number of rotatable bonds is 5. The summed E-state index contributed by atoms with van der Waals surface area (Å²) in [5.74, 6) is 0. The first-order chi connectivity index (χ1) is 4.35. The lowest BCUT2D eigenvalue weighted by Gasteiger charge is -2.11. The number of alkyl halides is 2. The van der Waals surface area contributed by atoms with E-state index in [0.717, 1.165) is 0 Å². The smallest absolute Gasteiger partial charge is 0.168 e. The Balaban J connectivity index is 3.18. The van der Waals surface area contributed by atoms with Gasteiger partial charge >= 0.3 is 0 Å². The Morgan fingerprint density at radius 1 is 1.56 bits per heavy atom. The average molecular weight is 217 g/mol. The summed E-state index contributed by atoms with van der Waals surface area (Å²) in [5, 5.41) is 0.660. The van der Waals surface area contributed by atoms with Gasteiger partial charge in [0.05, 0.1) is 5.33 Å². The summed E-state index contributed by atoms with van der Waals surface area (Å²) >= 11 is 8.50. The molecule has 0 heterocycles. The second kappa shape index (κ2) is 6.81. The summed E-state index contributed by atoms with van der Waals surface area (Å²) in [5.41, 5.74) is 0. The summed E-state index contributed by atoms with van der Waals surface area (Å²) in [6.07, 6.45) is -0.201. The van der Waals surface area contributed by atoms with Crippen LogP contribution in [0.1, 0.15) is 6.92 Å². The van der Waals surface area contributed by atoms with E-state index < -0.39 is 0 Å². The average Bonchev–Trinajstić information content (AvgIpc) is 1.88. The van der Waals surface area contributed by atoms with Crippen molar-refractivity contribution in [2.45, 2.75) is 13.2 Å². The monoisotopic (exact) mass is 216 g/mol. The SMILES string of the molecule is CCOC(CBr)OCCl. The fraction of sp³-hybridized carbons (Fsp3) is 1.00. The van der Waals surface area contributed by atoms with Crippen LogP contribution in [-0.4, -0.2) is 24.3 Å². The Labute approximate surface area is 68.6 Å². The Kier molecular flexibility index (Phi) is 7.33. The first-order valence-electron chi connectivity index (χ1n) is 2.70. The highest BCUT2D eigenvalue weighted by molar-refractivity contribution is 9.09. The molecule has 56 valence electrons. The van der Waals surface area contributed by atoms with Crippen molar-refractivity contribution in [1.82, 2.24) is 0 Å². The van der Waals surface area contributed by atoms with Crippen molar-refractivity contribution in [2.24, 2.45) is 0 Å². The molecule has 0 saturated carbocycles. The predicted octanol–water partition coefficient (Wildman–Crippen LogP) is 1.96. The maximum atomic E-state index is 5.29. The van der Waals surface area contributed by atoms with Gasteiger partial charge in [0.2, 0.25) is 0 Å². The third kappa shape index (κ3) is 5.15. The van der Waals surface area contributed by atoms with Gasteiger partial charge in [-0.05, 0) is 6.92 Å². The third-order valence-corrected chi connectivity index (χ3v) is 1.38. The minimum atomic E-state index is -0.201. The van der Waals surface area contributed by atoms with Crippen molar-refractivity contribution in [3.8, 4) is 0 Å². The molecule has 0 aliphatic carbocycles.